The molecular formula is C21H18N2O2. The van der Waals surface area contributed by atoms with Gasteiger partial charge in [0.1, 0.15) is 5.54 Å². The third-order valence-electron chi connectivity index (χ3n) is 4.66. The summed E-state index contributed by atoms with van der Waals surface area (Å²) in [5.41, 5.74) is 3.27. The summed E-state index contributed by atoms with van der Waals surface area (Å²) in [4.78, 5) is 16.4. The smallest absolute Gasteiger partial charge is 0.408 e. The van der Waals surface area contributed by atoms with Gasteiger partial charge in [-0.2, -0.15) is 0 Å². The average molecular weight is 330 g/mol. The lowest BCUT2D eigenvalue weighted by molar-refractivity contribution is 0.112. The third-order valence-corrected chi connectivity index (χ3v) is 4.66. The Morgan fingerprint density at radius 2 is 1.64 bits per heavy atom. The number of hydrogen-bond donors (Lipinski definition) is 1. The summed E-state index contributed by atoms with van der Waals surface area (Å²) in [7, 11) is 0. The van der Waals surface area contributed by atoms with E-state index in [0.29, 0.717) is 0 Å². The Labute approximate surface area is 146 Å². The van der Waals surface area contributed by atoms with Crippen LogP contribution in [0.5, 0.6) is 0 Å². The van der Waals surface area contributed by atoms with Gasteiger partial charge in [0.05, 0.1) is 0 Å². The second kappa shape index (κ2) is 6.06. The Morgan fingerprint density at radius 1 is 0.960 bits per heavy atom. The molecule has 2 aromatic carbocycles. The number of nitrogens with one attached hydrogen (secondary N) is 1. The van der Waals surface area contributed by atoms with E-state index in [2.05, 4.69) is 16.4 Å². The van der Waals surface area contributed by atoms with E-state index in [0.717, 1.165) is 22.3 Å². The molecule has 0 aliphatic carbocycles. The maximum atomic E-state index is 12.0. The van der Waals surface area contributed by atoms with Gasteiger partial charge in [0, 0.05) is 23.5 Å². The minimum atomic E-state index is -0.684. The first-order chi connectivity index (χ1) is 12.2. The van der Waals surface area contributed by atoms with Gasteiger partial charge < -0.3 is 10.1 Å². The summed E-state index contributed by atoms with van der Waals surface area (Å²) in [6.07, 6.45) is 2.80. The molecule has 25 heavy (non-hydrogen) atoms. The number of carbonyl (C=O) groups excluding carboxylic acids is 1. The molecule has 4 nitrogen and oxygen atoms in total. The highest BCUT2D eigenvalue weighted by atomic mass is 16.6. The van der Waals surface area contributed by atoms with Crippen LogP contribution in [0.2, 0.25) is 0 Å². The molecule has 2 heterocycles. The lowest BCUT2D eigenvalue weighted by Crippen LogP contribution is -2.39. The molecule has 1 aliphatic rings. The summed E-state index contributed by atoms with van der Waals surface area (Å²) >= 11 is 0. The van der Waals surface area contributed by atoms with Gasteiger partial charge >= 0.3 is 6.09 Å². The van der Waals surface area contributed by atoms with Gasteiger partial charge in [-0.15, -0.1) is 0 Å². The second-order valence-electron chi connectivity index (χ2n) is 6.35. The minimum absolute atomic E-state index is 0.408. The molecule has 1 aliphatic heterocycles. The van der Waals surface area contributed by atoms with Gasteiger partial charge in [-0.05, 0) is 24.1 Å². The Kier molecular flexibility index (Phi) is 3.73. The molecule has 2 atom stereocenters. The Hall–Kier alpha value is -3.14. The van der Waals surface area contributed by atoms with Crippen LogP contribution in [0.3, 0.4) is 0 Å². The van der Waals surface area contributed by atoms with Crippen molar-refractivity contribution >= 4 is 6.09 Å². The number of aromatic nitrogens is 1. The first-order valence-corrected chi connectivity index (χ1v) is 8.21. The number of pyridine rings is 1. The zero-order valence-corrected chi connectivity index (χ0v) is 13.8. The number of rotatable bonds is 3. The molecule has 1 saturated heterocycles. The topological polar surface area (TPSA) is 51.2 Å². The predicted molar refractivity (Wildman–Crippen MR) is 95.8 cm³/mol. The molecule has 4 rings (SSSR count). The number of cyclic esters (lactones) is 1. The summed E-state index contributed by atoms with van der Waals surface area (Å²) in [5, 5.41) is 2.97. The number of alkyl carbamates (subject to hydrolysis) is 1. The van der Waals surface area contributed by atoms with E-state index in [-0.39, 0.29) is 0 Å². The van der Waals surface area contributed by atoms with E-state index in [1.165, 1.54) is 0 Å². The van der Waals surface area contributed by atoms with Crippen molar-refractivity contribution in [1.29, 1.82) is 0 Å². The molecule has 0 unspecified atom stereocenters. The van der Waals surface area contributed by atoms with E-state index >= 15 is 0 Å². The highest BCUT2D eigenvalue weighted by molar-refractivity contribution is 5.73. The largest absolute Gasteiger partial charge is 0.438 e. The molecule has 0 spiro atoms. The number of ether oxygens (including phenoxy) is 1. The minimum Gasteiger partial charge on any atom is -0.438 e. The molecule has 0 saturated carbocycles. The van der Waals surface area contributed by atoms with Crippen LogP contribution in [-0.2, 0) is 10.3 Å². The number of carbonyl (C=O) groups is 1. The number of amides is 1. The SMILES string of the molecule is C[C@@]1(c2cncc(-c3ccccc3)c2)NC(=O)O[C@H]1c1ccccc1. The van der Waals surface area contributed by atoms with Crippen molar-refractivity contribution in [1.82, 2.24) is 10.3 Å². The zero-order chi connectivity index (χ0) is 17.3. The maximum absolute atomic E-state index is 12.0. The summed E-state index contributed by atoms with van der Waals surface area (Å²) in [5.74, 6) is 0. The monoisotopic (exact) mass is 330 g/mol. The first kappa shape index (κ1) is 15.4. The molecular weight excluding hydrogens is 312 g/mol. The van der Waals surface area contributed by atoms with E-state index in [1.54, 1.807) is 6.20 Å². The van der Waals surface area contributed by atoms with Crippen molar-refractivity contribution < 1.29 is 9.53 Å². The van der Waals surface area contributed by atoms with E-state index < -0.39 is 17.7 Å². The van der Waals surface area contributed by atoms with Crippen molar-refractivity contribution in [2.45, 2.75) is 18.6 Å². The van der Waals surface area contributed by atoms with Gasteiger partial charge in [0.2, 0.25) is 0 Å². The maximum Gasteiger partial charge on any atom is 0.408 e. The fraction of sp³-hybridized carbons (Fsp3) is 0.143. The van der Waals surface area contributed by atoms with E-state index in [9.17, 15) is 4.79 Å². The number of benzene rings is 2. The molecule has 0 radical (unpaired) electrons. The van der Waals surface area contributed by atoms with Crippen molar-refractivity contribution in [2.75, 3.05) is 0 Å². The third kappa shape index (κ3) is 2.76. The van der Waals surface area contributed by atoms with Gasteiger partial charge in [0.25, 0.3) is 0 Å². The van der Waals surface area contributed by atoms with Gasteiger partial charge in [0.15, 0.2) is 6.10 Å². The van der Waals surface area contributed by atoms with Crippen LogP contribution < -0.4 is 5.32 Å². The normalized spacial score (nSPS) is 22.3. The van der Waals surface area contributed by atoms with E-state index in [1.807, 2.05) is 73.8 Å². The zero-order valence-electron chi connectivity index (χ0n) is 13.8. The van der Waals surface area contributed by atoms with Crippen LogP contribution in [0.25, 0.3) is 11.1 Å². The van der Waals surface area contributed by atoms with Crippen molar-refractivity contribution in [3.63, 3.8) is 0 Å². The Bertz CT molecular complexity index is 896. The molecule has 1 amide bonds. The van der Waals surface area contributed by atoms with Gasteiger partial charge in [-0.3, -0.25) is 4.98 Å². The molecule has 124 valence electrons. The molecule has 4 heteroatoms. The molecule has 3 aromatic rings. The Morgan fingerprint density at radius 3 is 2.36 bits per heavy atom. The van der Waals surface area contributed by atoms with Crippen LogP contribution in [0.4, 0.5) is 4.79 Å². The number of nitrogens with zero attached hydrogens (tertiary/aromatic N) is 1. The summed E-state index contributed by atoms with van der Waals surface area (Å²) < 4.78 is 5.59. The van der Waals surface area contributed by atoms with Crippen LogP contribution in [0.1, 0.15) is 24.2 Å². The van der Waals surface area contributed by atoms with Crippen molar-refractivity contribution in [2.24, 2.45) is 0 Å². The summed E-state index contributed by atoms with van der Waals surface area (Å²) in [6, 6.07) is 21.9. The average Bonchev–Trinajstić information content (AvgIpc) is 2.99. The fourth-order valence-corrected chi connectivity index (χ4v) is 3.30. The van der Waals surface area contributed by atoms with Crippen LogP contribution in [-0.4, -0.2) is 11.1 Å². The van der Waals surface area contributed by atoms with Crippen molar-refractivity contribution in [3.05, 3.63) is 90.3 Å². The molecule has 0 bridgehead atoms. The predicted octanol–water partition coefficient (Wildman–Crippen LogP) is 4.44. The van der Waals surface area contributed by atoms with Crippen LogP contribution in [0.15, 0.2) is 79.1 Å². The van der Waals surface area contributed by atoms with Crippen LogP contribution >= 0.6 is 0 Å². The first-order valence-electron chi connectivity index (χ1n) is 8.21. The lowest BCUT2D eigenvalue weighted by Gasteiger charge is -2.29. The number of hydrogen-bond acceptors (Lipinski definition) is 3. The summed E-state index contributed by atoms with van der Waals surface area (Å²) in [6.45, 7) is 1.97. The molecule has 1 N–H and O–H groups in total. The highest BCUT2D eigenvalue weighted by Crippen LogP contribution is 2.42. The van der Waals surface area contributed by atoms with Crippen LogP contribution in [0, 0.1) is 0 Å². The quantitative estimate of drug-likeness (QED) is 0.772. The van der Waals surface area contributed by atoms with Gasteiger partial charge in [-0.1, -0.05) is 60.7 Å². The standard InChI is InChI=1S/C21H18N2O2/c1-21(19(25-20(24)23-21)16-10-6-3-7-11-16)18-12-17(13-22-14-18)15-8-4-2-5-9-15/h2-14,19H,1H3,(H,23,24)/t19-,21-/m0/s1. The van der Waals surface area contributed by atoms with E-state index in [4.69, 9.17) is 4.74 Å². The second-order valence-corrected chi connectivity index (χ2v) is 6.35. The van der Waals surface area contributed by atoms with Crippen molar-refractivity contribution in [3.8, 4) is 11.1 Å². The Balaban J connectivity index is 1.78. The van der Waals surface area contributed by atoms with Gasteiger partial charge in [-0.25, -0.2) is 4.79 Å². The lowest BCUT2D eigenvalue weighted by atomic mass is 9.83. The highest BCUT2D eigenvalue weighted by Gasteiger charge is 2.47. The molecule has 1 aromatic heterocycles. The fourth-order valence-electron chi connectivity index (χ4n) is 3.30. The molecule has 1 fully saturated rings.